The van der Waals surface area contributed by atoms with E-state index in [4.69, 9.17) is 0 Å². The number of phenols is 1. The maximum atomic E-state index is 13.0. The lowest BCUT2D eigenvalue weighted by Gasteiger charge is -2.47. The Morgan fingerprint density at radius 3 is 2.24 bits per heavy atom. The fourth-order valence-electron chi connectivity index (χ4n) is 7.10. The standard InChI is InChI=1S/C31H32N4O7S.C7H13N/c36-22-10-8-20(21-9-13-26(38)34-27(21)22)23(37)16-32-14-4-5-15-33-28(39)24-11-12-25(43-24)29(40)35-17-31(18-35,30(41)42)19-6-2-1-3-7-19;1-4-8-5-2-7(1)3-6-8/h1-3,6-13,23,32,36-37H,4-5,14-18H2,(H,33,39)(H,34,38)(H,41,42);7H,1-6H2. The van der Waals surface area contributed by atoms with E-state index in [-0.39, 0.29) is 48.3 Å². The number of hydrogen-bond donors (Lipinski definition) is 6. The van der Waals surface area contributed by atoms with E-state index in [2.05, 4.69) is 20.5 Å². The molecule has 0 spiro atoms. The number of piperidine rings is 3. The minimum atomic E-state index is -1.12. The molecule has 2 aromatic carbocycles. The lowest BCUT2D eigenvalue weighted by Crippen LogP contribution is -2.64. The van der Waals surface area contributed by atoms with Gasteiger partial charge in [-0.3, -0.25) is 19.2 Å². The summed E-state index contributed by atoms with van der Waals surface area (Å²) in [5.41, 5.74) is 0.0683. The number of nitrogens with zero attached hydrogens (tertiary/aromatic N) is 2. The van der Waals surface area contributed by atoms with Gasteiger partial charge in [0.15, 0.2) is 0 Å². The van der Waals surface area contributed by atoms with Crippen LogP contribution in [0.25, 0.3) is 10.9 Å². The molecule has 0 aliphatic carbocycles. The molecule has 4 aromatic rings. The Morgan fingerprint density at radius 1 is 0.902 bits per heavy atom. The summed E-state index contributed by atoms with van der Waals surface area (Å²) in [5, 5.41) is 37.1. The average molecular weight is 716 g/mol. The van der Waals surface area contributed by atoms with Crippen molar-refractivity contribution < 1.29 is 29.7 Å². The normalized spacial score (nSPS) is 19.4. The predicted octanol–water partition coefficient (Wildman–Crippen LogP) is 3.71. The maximum Gasteiger partial charge on any atom is 0.317 e. The van der Waals surface area contributed by atoms with Gasteiger partial charge in [0.2, 0.25) is 5.56 Å². The molecule has 4 aliphatic heterocycles. The number of thiophene rings is 1. The molecule has 13 heteroatoms. The maximum absolute atomic E-state index is 13.0. The van der Waals surface area contributed by atoms with Crippen LogP contribution in [0.2, 0.25) is 0 Å². The topological polar surface area (TPSA) is 175 Å². The average Bonchev–Trinajstić information content (AvgIpc) is 3.63. The van der Waals surface area contributed by atoms with Crippen molar-refractivity contribution in [2.45, 2.75) is 43.6 Å². The van der Waals surface area contributed by atoms with E-state index in [9.17, 15) is 34.5 Å². The molecule has 51 heavy (non-hydrogen) atoms. The summed E-state index contributed by atoms with van der Waals surface area (Å²) < 4.78 is 0. The van der Waals surface area contributed by atoms with Crippen LogP contribution in [0.5, 0.6) is 5.75 Å². The third-order valence-corrected chi connectivity index (χ3v) is 11.3. The minimum Gasteiger partial charge on any atom is -0.506 e. The predicted molar refractivity (Wildman–Crippen MR) is 195 cm³/mol. The Morgan fingerprint density at radius 2 is 1.59 bits per heavy atom. The molecular formula is C38H45N5O7S. The van der Waals surface area contributed by atoms with E-state index in [1.165, 1.54) is 55.9 Å². The highest BCUT2D eigenvalue weighted by molar-refractivity contribution is 7.15. The van der Waals surface area contributed by atoms with Crippen LogP contribution in [0.4, 0.5) is 0 Å². The van der Waals surface area contributed by atoms with E-state index in [0.29, 0.717) is 45.8 Å². The number of aliphatic hydroxyl groups is 1. The number of aliphatic hydroxyl groups excluding tert-OH is 1. The van der Waals surface area contributed by atoms with Gasteiger partial charge in [-0.2, -0.15) is 0 Å². The molecule has 4 fully saturated rings. The molecule has 270 valence electrons. The number of nitrogens with one attached hydrogen (secondary N) is 3. The molecule has 0 saturated carbocycles. The zero-order valence-corrected chi connectivity index (χ0v) is 29.3. The van der Waals surface area contributed by atoms with Crippen molar-refractivity contribution >= 4 is 40.0 Å². The van der Waals surface area contributed by atoms with E-state index in [0.717, 1.165) is 23.7 Å². The summed E-state index contributed by atoms with van der Waals surface area (Å²) in [6, 6.07) is 18.1. The highest BCUT2D eigenvalue weighted by atomic mass is 32.1. The Hall–Kier alpha value is -4.56. The Balaban J connectivity index is 0.000000487. The molecule has 1 atom stereocenters. The van der Waals surface area contributed by atoms with Gasteiger partial charge in [0, 0.05) is 37.6 Å². The van der Waals surface area contributed by atoms with Gasteiger partial charge in [-0.15, -0.1) is 11.3 Å². The summed E-state index contributed by atoms with van der Waals surface area (Å²) >= 11 is 1.08. The molecular weight excluding hydrogens is 671 g/mol. The first kappa shape index (κ1) is 36.2. The van der Waals surface area contributed by atoms with Gasteiger partial charge in [-0.1, -0.05) is 36.4 Å². The number of likely N-dealkylation sites (tertiary alicyclic amines) is 1. The number of H-pyrrole nitrogens is 1. The molecule has 4 aliphatic rings. The zero-order chi connectivity index (χ0) is 36.0. The van der Waals surface area contributed by atoms with Gasteiger partial charge in [-0.25, -0.2) is 0 Å². The number of aromatic nitrogens is 1. The summed E-state index contributed by atoms with van der Waals surface area (Å²) in [4.78, 5) is 56.6. The number of carbonyl (C=O) groups is 3. The number of aromatic amines is 1. The van der Waals surface area contributed by atoms with Crippen molar-refractivity contribution in [2.24, 2.45) is 5.92 Å². The van der Waals surface area contributed by atoms with Gasteiger partial charge in [0.25, 0.3) is 11.8 Å². The van der Waals surface area contributed by atoms with Crippen molar-refractivity contribution in [3.05, 3.63) is 98.0 Å². The van der Waals surface area contributed by atoms with Crippen molar-refractivity contribution in [1.82, 2.24) is 25.4 Å². The number of carboxylic acid groups (broad SMARTS) is 1. The SMILES string of the molecule is C1CN2CCC1CC2.O=C(NCCCCNCC(O)c1ccc(O)c2[nH]c(=O)ccc12)c1ccc(C(=O)N2CC(C(=O)O)(c3ccccc3)C2)s1. The molecule has 2 bridgehead atoms. The molecule has 2 amide bonds. The number of carbonyl (C=O) groups excluding carboxylic acids is 2. The fourth-order valence-corrected chi connectivity index (χ4v) is 7.99. The number of fused-ring (bicyclic) bond motifs is 4. The summed E-state index contributed by atoms with van der Waals surface area (Å²) in [6.45, 7) is 5.64. The van der Waals surface area contributed by atoms with Gasteiger partial charge < -0.3 is 40.7 Å². The monoisotopic (exact) mass is 715 g/mol. The van der Waals surface area contributed by atoms with Crippen molar-refractivity contribution in [3.8, 4) is 5.75 Å². The second-order valence-electron chi connectivity index (χ2n) is 13.6. The van der Waals surface area contributed by atoms with E-state index in [1.807, 2.05) is 6.07 Å². The van der Waals surface area contributed by atoms with Gasteiger partial charge in [-0.05, 0) is 99.6 Å². The lowest BCUT2D eigenvalue weighted by molar-refractivity contribution is -0.149. The largest absolute Gasteiger partial charge is 0.506 e. The third kappa shape index (κ3) is 8.33. The van der Waals surface area contributed by atoms with Gasteiger partial charge >= 0.3 is 5.97 Å². The highest BCUT2D eigenvalue weighted by Gasteiger charge is 2.52. The first-order chi connectivity index (χ1) is 24.6. The number of amides is 2. The number of unbranched alkanes of at least 4 members (excludes halogenated alkanes) is 1. The summed E-state index contributed by atoms with van der Waals surface area (Å²) in [7, 11) is 0. The second-order valence-corrected chi connectivity index (χ2v) is 14.7. The lowest BCUT2D eigenvalue weighted by atomic mass is 9.73. The molecule has 1 unspecified atom stereocenters. The summed E-state index contributed by atoms with van der Waals surface area (Å²) in [6.07, 6.45) is 5.05. The molecule has 4 saturated heterocycles. The van der Waals surface area contributed by atoms with E-state index < -0.39 is 17.5 Å². The van der Waals surface area contributed by atoms with Crippen LogP contribution in [0.15, 0.2) is 71.5 Å². The molecule has 6 N–H and O–H groups in total. The first-order valence-corrected chi connectivity index (χ1v) is 18.4. The fraction of sp³-hybridized carbons (Fsp3) is 0.421. The number of aliphatic carboxylic acids is 1. The molecule has 2 aromatic heterocycles. The minimum absolute atomic E-state index is 0.0641. The smallest absolute Gasteiger partial charge is 0.317 e. The van der Waals surface area contributed by atoms with Crippen LogP contribution < -0.4 is 16.2 Å². The van der Waals surface area contributed by atoms with Crippen molar-refractivity contribution in [1.29, 1.82) is 0 Å². The van der Waals surface area contributed by atoms with Crippen molar-refractivity contribution in [3.63, 3.8) is 0 Å². The van der Waals surface area contributed by atoms with Crippen LogP contribution in [-0.4, -0.2) is 100 Å². The highest BCUT2D eigenvalue weighted by Crippen LogP contribution is 2.36. The van der Waals surface area contributed by atoms with Crippen LogP contribution >= 0.6 is 11.3 Å². The molecule has 6 heterocycles. The van der Waals surface area contributed by atoms with Crippen LogP contribution in [-0.2, 0) is 10.2 Å². The third-order valence-electron chi connectivity index (χ3n) is 10.2. The van der Waals surface area contributed by atoms with Gasteiger partial charge in [0.05, 0.1) is 21.4 Å². The van der Waals surface area contributed by atoms with Crippen LogP contribution in [0.1, 0.15) is 68.7 Å². The Labute approximate surface area is 300 Å². The first-order valence-electron chi connectivity index (χ1n) is 17.6. The molecule has 8 rings (SSSR count). The number of benzene rings is 2. The van der Waals surface area contributed by atoms with Crippen LogP contribution in [0, 0.1) is 5.92 Å². The number of hydrogen-bond acceptors (Lipinski definition) is 9. The quantitative estimate of drug-likeness (QED) is 0.120. The number of rotatable bonds is 12. The Bertz CT molecular complexity index is 1870. The Kier molecular flexibility index (Phi) is 11.5. The number of carboxylic acids is 1. The number of phenolic OH excluding ortho intramolecular Hbond substituents is 1. The molecule has 0 radical (unpaired) electrons. The van der Waals surface area contributed by atoms with E-state index in [1.54, 1.807) is 48.5 Å². The number of aromatic hydroxyl groups is 1. The zero-order valence-electron chi connectivity index (χ0n) is 28.5. The van der Waals surface area contributed by atoms with Crippen molar-refractivity contribution in [2.75, 3.05) is 52.4 Å². The van der Waals surface area contributed by atoms with Gasteiger partial charge in [0.1, 0.15) is 11.2 Å². The second kappa shape index (κ2) is 16.2. The molecule has 12 nitrogen and oxygen atoms in total. The number of pyridine rings is 1. The summed E-state index contributed by atoms with van der Waals surface area (Å²) in [5.74, 6) is -0.494. The van der Waals surface area contributed by atoms with E-state index >= 15 is 0 Å². The van der Waals surface area contributed by atoms with Crippen LogP contribution in [0.3, 0.4) is 0 Å².